The van der Waals surface area contributed by atoms with E-state index in [1.54, 1.807) is 30.2 Å². The topological polar surface area (TPSA) is 58.6 Å². The van der Waals surface area contributed by atoms with E-state index in [0.29, 0.717) is 41.8 Å². The van der Waals surface area contributed by atoms with E-state index >= 15 is 0 Å². The summed E-state index contributed by atoms with van der Waals surface area (Å²) in [5.41, 5.74) is 1.22. The number of amides is 2. The Morgan fingerprint density at radius 1 is 1.30 bits per heavy atom. The SMILES string of the molecule is COc1ccc2c(c1)N(CC1CC1)C(=O)[C@H](CC(C)C)NC2=O. The van der Waals surface area contributed by atoms with E-state index in [9.17, 15) is 9.59 Å². The van der Waals surface area contributed by atoms with Crippen molar-refractivity contribution in [2.45, 2.75) is 39.2 Å². The second-order valence-electron chi connectivity index (χ2n) is 6.93. The number of anilines is 1. The molecule has 1 aromatic carbocycles. The van der Waals surface area contributed by atoms with Crippen molar-refractivity contribution in [3.05, 3.63) is 23.8 Å². The first kappa shape index (κ1) is 15.8. The number of carbonyl (C=O) groups excluding carboxylic acids is 2. The summed E-state index contributed by atoms with van der Waals surface area (Å²) in [6.45, 7) is 4.81. The lowest BCUT2D eigenvalue weighted by molar-refractivity contribution is -0.120. The van der Waals surface area contributed by atoms with Crippen molar-refractivity contribution in [3.8, 4) is 5.75 Å². The van der Waals surface area contributed by atoms with E-state index in [-0.39, 0.29) is 11.8 Å². The van der Waals surface area contributed by atoms with Crippen molar-refractivity contribution in [2.75, 3.05) is 18.6 Å². The van der Waals surface area contributed by atoms with E-state index in [4.69, 9.17) is 4.74 Å². The predicted molar refractivity (Wildman–Crippen MR) is 88.8 cm³/mol. The quantitative estimate of drug-likeness (QED) is 0.908. The third kappa shape index (κ3) is 3.33. The average molecular weight is 316 g/mol. The van der Waals surface area contributed by atoms with Crippen LogP contribution in [0.25, 0.3) is 0 Å². The van der Waals surface area contributed by atoms with Crippen LogP contribution in [0.2, 0.25) is 0 Å². The Morgan fingerprint density at radius 2 is 2.04 bits per heavy atom. The molecule has 1 saturated carbocycles. The molecule has 2 amide bonds. The monoisotopic (exact) mass is 316 g/mol. The van der Waals surface area contributed by atoms with Gasteiger partial charge in [0.25, 0.3) is 5.91 Å². The van der Waals surface area contributed by atoms with Crippen LogP contribution in [0.4, 0.5) is 5.69 Å². The number of hydrogen-bond acceptors (Lipinski definition) is 3. The fraction of sp³-hybridized carbons (Fsp3) is 0.556. The second-order valence-corrected chi connectivity index (χ2v) is 6.93. The number of hydrogen-bond donors (Lipinski definition) is 1. The fourth-order valence-electron chi connectivity index (χ4n) is 3.04. The molecule has 1 aliphatic carbocycles. The third-order valence-electron chi connectivity index (χ3n) is 4.45. The lowest BCUT2D eigenvalue weighted by Crippen LogP contribution is -2.47. The fourth-order valence-corrected chi connectivity index (χ4v) is 3.04. The summed E-state index contributed by atoms with van der Waals surface area (Å²) >= 11 is 0. The lowest BCUT2D eigenvalue weighted by atomic mass is 10.0. The van der Waals surface area contributed by atoms with Gasteiger partial charge in [-0.1, -0.05) is 13.8 Å². The lowest BCUT2D eigenvalue weighted by Gasteiger charge is -2.26. The summed E-state index contributed by atoms with van der Waals surface area (Å²) in [7, 11) is 1.59. The molecule has 1 fully saturated rings. The molecule has 5 nitrogen and oxygen atoms in total. The zero-order valence-corrected chi connectivity index (χ0v) is 14.0. The number of nitrogens with zero attached hydrogens (tertiary/aromatic N) is 1. The van der Waals surface area contributed by atoms with Crippen molar-refractivity contribution in [1.82, 2.24) is 5.32 Å². The van der Waals surface area contributed by atoms with Crippen LogP contribution in [0.3, 0.4) is 0 Å². The van der Waals surface area contributed by atoms with Gasteiger partial charge in [0.05, 0.1) is 18.4 Å². The molecule has 2 aliphatic rings. The smallest absolute Gasteiger partial charge is 0.254 e. The molecule has 0 saturated heterocycles. The van der Waals surface area contributed by atoms with Crippen LogP contribution in [0.15, 0.2) is 18.2 Å². The van der Waals surface area contributed by atoms with Crippen LogP contribution < -0.4 is 15.0 Å². The van der Waals surface area contributed by atoms with Crippen molar-refractivity contribution in [1.29, 1.82) is 0 Å². The second kappa shape index (κ2) is 6.22. The Bertz CT molecular complexity index is 623. The van der Waals surface area contributed by atoms with Crippen LogP contribution in [0.5, 0.6) is 5.75 Å². The van der Waals surface area contributed by atoms with Gasteiger partial charge in [-0.15, -0.1) is 0 Å². The zero-order valence-electron chi connectivity index (χ0n) is 14.0. The maximum absolute atomic E-state index is 13.0. The molecule has 0 spiro atoms. The van der Waals surface area contributed by atoms with Gasteiger partial charge in [-0.3, -0.25) is 9.59 Å². The van der Waals surface area contributed by atoms with Crippen LogP contribution in [-0.2, 0) is 4.79 Å². The number of rotatable bonds is 5. The van der Waals surface area contributed by atoms with E-state index in [1.165, 1.54) is 0 Å². The van der Waals surface area contributed by atoms with Gasteiger partial charge in [0.2, 0.25) is 5.91 Å². The Kier molecular flexibility index (Phi) is 4.28. The van der Waals surface area contributed by atoms with Gasteiger partial charge in [0.15, 0.2) is 0 Å². The largest absolute Gasteiger partial charge is 0.497 e. The maximum atomic E-state index is 13.0. The molecule has 1 heterocycles. The van der Waals surface area contributed by atoms with Gasteiger partial charge in [0, 0.05) is 12.6 Å². The molecular weight excluding hydrogens is 292 g/mol. The number of carbonyl (C=O) groups is 2. The summed E-state index contributed by atoms with van der Waals surface area (Å²) in [6.07, 6.45) is 2.95. The summed E-state index contributed by atoms with van der Waals surface area (Å²) in [5.74, 6) is 1.35. The highest BCUT2D eigenvalue weighted by Crippen LogP contribution is 2.35. The Labute approximate surface area is 137 Å². The molecule has 5 heteroatoms. The van der Waals surface area contributed by atoms with Gasteiger partial charge in [-0.05, 0) is 43.2 Å². The normalized spacial score (nSPS) is 21.0. The molecule has 0 unspecified atom stereocenters. The first-order valence-corrected chi connectivity index (χ1v) is 8.30. The van der Waals surface area contributed by atoms with E-state index in [0.717, 1.165) is 12.8 Å². The molecule has 0 aromatic heterocycles. The minimum atomic E-state index is -0.459. The molecule has 1 N–H and O–H groups in total. The van der Waals surface area contributed by atoms with Crippen LogP contribution in [0, 0.1) is 11.8 Å². The number of nitrogens with one attached hydrogen (secondary N) is 1. The van der Waals surface area contributed by atoms with E-state index in [1.807, 2.05) is 0 Å². The van der Waals surface area contributed by atoms with Crippen LogP contribution in [0.1, 0.15) is 43.5 Å². The number of methoxy groups -OCH3 is 1. The van der Waals surface area contributed by atoms with Crippen LogP contribution >= 0.6 is 0 Å². The van der Waals surface area contributed by atoms with Gasteiger partial charge >= 0.3 is 0 Å². The minimum absolute atomic E-state index is 0.00838. The van der Waals surface area contributed by atoms with Gasteiger partial charge in [-0.2, -0.15) is 0 Å². The Hall–Kier alpha value is -2.04. The summed E-state index contributed by atoms with van der Waals surface area (Å²) in [5, 5.41) is 2.91. The van der Waals surface area contributed by atoms with Crippen molar-refractivity contribution in [3.63, 3.8) is 0 Å². The Morgan fingerprint density at radius 3 is 2.65 bits per heavy atom. The molecule has 3 rings (SSSR count). The molecule has 1 aromatic rings. The number of fused-ring (bicyclic) bond motifs is 1. The molecule has 1 aliphatic heterocycles. The van der Waals surface area contributed by atoms with Crippen molar-refractivity contribution < 1.29 is 14.3 Å². The van der Waals surface area contributed by atoms with Gasteiger partial charge in [0.1, 0.15) is 11.8 Å². The summed E-state index contributed by atoms with van der Waals surface area (Å²) in [4.78, 5) is 27.4. The highest BCUT2D eigenvalue weighted by molar-refractivity contribution is 6.11. The van der Waals surface area contributed by atoms with Crippen molar-refractivity contribution >= 4 is 17.5 Å². The summed E-state index contributed by atoms with van der Waals surface area (Å²) in [6, 6.07) is 4.85. The summed E-state index contributed by atoms with van der Waals surface area (Å²) < 4.78 is 5.28. The average Bonchev–Trinajstić information content (AvgIpc) is 3.34. The molecule has 0 radical (unpaired) electrons. The molecule has 124 valence electrons. The van der Waals surface area contributed by atoms with Gasteiger partial charge in [-0.25, -0.2) is 0 Å². The number of ether oxygens (including phenoxy) is 1. The third-order valence-corrected chi connectivity index (χ3v) is 4.45. The standard InChI is InChI=1S/C18H24N2O3/c1-11(2)8-15-18(22)20(10-12-4-5-12)16-9-13(23-3)6-7-14(16)17(21)19-15/h6-7,9,11-12,15H,4-5,8,10H2,1-3H3,(H,19,21)/t15-/m0/s1. The molecule has 23 heavy (non-hydrogen) atoms. The van der Waals surface area contributed by atoms with Crippen molar-refractivity contribution in [2.24, 2.45) is 11.8 Å². The van der Waals surface area contributed by atoms with Gasteiger partial charge < -0.3 is 15.0 Å². The minimum Gasteiger partial charge on any atom is -0.497 e. The number of benzene rings is 1. The highest BCUT2D eigenvalue weighted by Gasteiger charge is 2.37. The first-order valence-electron chi connectivity index (χ1n) is 8.30. The molecule has 1 atom stereocenters. The van der Waals surface area contributed by atoms with E-state index in [2.05, 4.69) is 19.2 Å². The molecule has 0 bridgehead atoms. The zero-order chi connectivity index (χ0) is 16.6. The predicted octanol–water partition coefficient (Wildman–Crippen LogP) is 2.60. The first-order chi connectivity index (χ1) is 11.0. The van der Waals surface area contributed by atoms with E-state index < -0.39 is 6.04 Å². The Balaban J connectivity index is 2.01. The van der Waals surface area contributed by atoms with Crippen LogP contribution in [-0.4, -0.2) is 31.5 Å². The maximum Gasteiger partial charge on any atom is 0.254 e. The molecular formula is C18H24N2O3. The highest BCUT2D eigenvalue weighted by atomic mass is 16.5.